The largest absolute Gasteiger partial charge is 0.382 e. The van der Waals surface area contributed by atoms with E-state index in [0.29, 0.717) is 6.04 Å². The van der Waals surface area contributed by atoms with Crippen molar-refractivity contribution in [1.29, 1.82) is 0 Å². The lowest BCUT2D eigenvalue weighted by molar-refractivity contribution is 0.567. The number of anilines is 1. The quantitative estimate of drug-likeness (QED) is 0.815. The van der Waals surface area contributed by atoms with Crippen molar-refractivity contribution in [1.82, 2.24) is 5.32 Å². The molecule has 1 aliphatic rings. The average Bonchev–Trinajstić information content (AvgIpc) is 2.31. The molecule has 2 nitrogen and oxygen atoms in total. The van der Waals surface area contributed by atoms with E-state index in [9.17, 15) is 0 Å². The van der Waals surface area contributed by atoms with E-state index in [1.54, 1.807) is 0 Å². The van der Waals surface area contributed by atoms with E-state index in [-0.39, 0.29) is 0 Å². The molecule has 0 fully saturated rings. The van der Waals surface area contributed by atoms with Gasteiger partial charge in [0.15, 0.2) is 0 Å². The first-order valence-electron chi connectivity index (χ1n) is 6.22. The van der Waals surface area contributed by atoms with Crippen LogP contribution in [0.4, 0.5) is 5.69 Å². The minimum absolute atomic E-state index is 0.639. The minimum Gasteiger partial charge on any atom is -0.382 e. The summed E-state index contributed by atoms with van der Waals surface area (Å²) in [6.45, 7) is 5.51. The van der Waals surface area contributed by atoms with Crippen molar-refractivity contribution in [3.63, 3.8) is 0 Å². The van der Waals surface area contributed by atoms with Gasteiger partial charge in [-0.3, -0.25) is 0 Å². The van der Waals surface area contributed by atoms with E-state index in [1.807, 2.05) is 7.05 Å². The highest BCUT2D eigenvalue weighted by Gasteiger charge is 2.18. The molecule has 0 spiro atoms. The Bertz CT molecular complexity index is 371. The second-order valence-electron chi connectivity index (χ2n) is 4.81. The number of hydrogen-bond donors (Lipinski definition) is 2. The van der Waals surface area contributed by atoms with Gasteiger partial charge in [0.2, 0.25) is 0 Å². The molecule has 16 heavy (non-hydrogen) atoms. The van der Waals surface area contributed by atoms with Gasteiger partial charge in [0.1, 0.15) is 0 Å². The third-order valence-corrected chi connectivity index (χ3v) is 3.68. The lowest BCUT2D eigenvalue weighted by atomic mass is 9.92. The third kappa shape index (κ3) is 2.22. The van der Waals surface area contributed by atoms with Crippen LogP contribution >= 0.6 is 0 Å². The molecule has 88 valence electrons. The van der Waals surface area contributed by atoms with Crippen LogP contribution in [0.25, 0.3) is 0 Å². The van der Waals surface area contributed by atoms with Crippen molar-refractivity contribution in [2.45, 2.75) is 39.2 Å². The van der Waals surface area contributed by atoms with Gasteiger partial charge >= 0.3 is 0 Å². The highest BCUT2D eigenvalue weighted by atomic mass is 14.9. The van der Waals surface area contributed by atoms with Crippen LogP contribution in [0.5, 0.6) is 0 Å². The molecule has 2 N–H and O–H groups in total. The maximum atomic E-state index is 3.70. The van der Waals surface area contributed by atoms with E-state index in [0.717, 1.165) is 6.54 Å². The lowest BCUT2D eigenvalue weighted by Crippen LogP contribution is -2.29. The van der Waals surface area contributed by atoms with Gasteiger partial charge in [-0.25, -0.2) is 0 Å². The average molecular weight is 218 g/mol. The highest BCUT2D eigenvalue weighted by molar-refractivity contribution is 5.61. The van der Waals surface area contributed by atoms with Crippen molar-refractivity contribution in [2.24, 2.45) is 0 Å². The monoisotopic (exact) mass is 218 g/mol. The summed E-state index contributed by atoms with van der Waals surface area (Å²) in [6.07, 6.45) is 3.69. The Labute approximate surface area is 98.4 Å². The van der Waals surface area contributed by atoms with Gasteiger partial charge in [0.05, 0.1) is 0 Å². The summed E-state index contributed by atoms with van der Waals surface area (Å²) in [6, 6.07) is 5.16. The Balaban J connectivity index is 2.15. The van der Waals surface area contributed by atoms with Crippen LogP contribution in [-0.4, -0.2) is 19.6 Å². The highest BCUT2D eigenvalue weighted by Crippen LogP contribution is 2.30. The number of fused-ring (bicyclic) bond motifs is 1. The van der Waals surface area contributed by atoms with E-state index in [2.05, 4.69) is 36.6 Å². The summed E-state index contributed by atoms with van der Waals surface area (Å²) >= 11 is 0. The van der Waals surface area contributed by atoms with Crippen LogP contribution in [0.15, 0.2) is 12.1 Å². The molecule has 0 aliphatic carbocycles. The Hall–Kier alpha value is -1.02. The summed E-state index contributed by atoms with van der Waals surface area (Å²) in [7, 11) is 2.02. The Kier molecular flexibility index (Phi) is 3.49. The summed E-state index contributed by atoms with van der Waals surface area (Å²) in [5.74, 6) is 0. The number of rotatable bonds is 3. The van der Waals surface area contributed by atoms with Crippen LogP contribution in [0.2, 0.25) is 0 Å². The molecule has 1 aromatic rings. The van der Waals surface area contributed by atoms with Gasteiger partial charge < -0.3 is 10.6 Å². The summed E-state index contributed by atoms with van der Waals surface area (Å²) in [5, 5.41) is 6.93. The topological polar surface area (TPSA) is 24.1 Å². The van der Waals surface area contributed by atoms with Crippen LogP contribution in [0.3, 0.4) is 0 Å². The Morgan fingerprint density at radius 2 is 2.19 bits per heavy atom. The fourth-order valence-electron chi connectivity index (χ4n) is 2.42. The summed E-state index contributed by atoms with van der Waals surface area (Å²) in [4.78, 5) is 0. The zero-order valence-corrected chi connectivity index (χ0v) is 10.6. The van der Waals surface area contributed by atoms with Gasteiger partial charge in [-0.1, -0.05) is 12.1 Å². The van der Waals surface area contributed by atoms with E-state index < -0.39 is 0 Å². The van der Waals surface area contributed by atoms with Crippen molar-refractivity contribution >= 4 is 5.69 Å². The minimum atomic E-state index is 0.639. The van der Waals surface area contributed by atoms with Gasteiger partial charge in [-0.15, -0.1) is 0 Å². The fraction of sp³-hybridized carbons (Fsp3) is 0.571. The van der Waals surface area contributed by atoms with Crippen LogP contribution in [0.1, 0.15) is 29.5 Å². The number of benzene rings is 1. The van der Waals surface area contributed by atoms with Gasteiger partial charge in [-0.05, 0) is 63.4 Å². The van der Waals surface area contributed by atoms with Crippen molar-refractivity contribution in [3.8, 4) is 0 Å². The first-order valence-corrected chi connectivity index (χ1v) is 6.22. The molecule has 0 aromatic heterocycles. The summed E-state index contributed by atoms with van der Waals surface area (Å²) in [5.41, 5.74) is 5.70. The van der Waals surface area contributed by atoms with E-state index >= 15 is 0 Å². The molecule has 1 aromatic carbocycles. The molecule has 0 saturated heterocycles. The second-order valence-corrected chi connectivity index (χ2v) is 4.81. The zero-order valence-electron chi connectivity index (χ0n) is 10.6. The first-order chi connectivity index (χ1) is 7.72. The molecule has 2 rings (SSSR count). The molecule has 0 bridgehead atoms. The molecular formula is C14H22N2. The molecule has 1 unspecified atom stereocenters. The smallest absolute Gasteiger partial charge is 0.0407 e. The number of aryl methyl sites for hydroxylation is 2. The van der Waals surface area contributed by atoms with Crippen LogP contribution in [-0.2, 0) is 6.42 Å². The molecular weight excluding hydrogens is 196 g/mol. The lowest BCUT2D eigenvalue weighted by Gasteiger charge is -2.29. The van der Waals surface area contributed by atoms with Crippen molar-refractivity contribution in [2.75, 3.05) is 18.9 Å². The van der Waals surface area contributed by atoms with Crippen molar-refractivity contribution < 1.29 is 0 Å². The van der Waals surface area contributed by atoms with E-state index in [1.165, 1.54) is 41.6 Å². The van der Waals surface area contributed by atoms with Gasteiger partial charge in [0, 0.05) is 11.7 Å². The predicted molar refractivity (Wildman–Crippen MR) is 70.2 cm³/mol. The third-order valence-electron chi connectivity index (χ3n) is 3.68. The summed E-state index contributed by atoms with van der Waals surface area (Å²) < 4.78 is 0. The van der Waals surface area contributed by atoms with Crippen molar-refractivity contribution in [3.05, 3.63) is 28.8 Å². The first kappa shape index (κ1) is 11.5. The maximum Gasteiger partial charge on any atom is 0.0407 e. The molecule has 0 saturated carbocycles. The Morgan fingerprint density at radius 3 is 2.94 bits per heavy atom. The molecule has 2 heteroatoms. The molecule has 1 heterocycles. The number of nitrogens with one attached hydrogen (secondary N) is 2. The van der Waals surface area contributed by atoms with E-state index in [4.69, 9.17) is 0 Å². The number of hydrogen-bond acceptors (Lipinski definition) is 2. The second kappa shape index (κ2) is 4.88. The van der Waals surface area contributed by atoms with Crippen LogP contribution < -0.4 is 10.6 Å². The molecule has 1 aliphatic heterocycles. The SMILES string of the molecule is CNCCC1CCc2ccc(C)c(C)c2N1. The van der Waals surface area contributed by atoms with Gasteiger partial charge in [0.25, 0.3) is 0 Å². The Morgan fingerprint density at radius 1 is 1.38 bits per heavy atom. The normalized spacial score (nSPS) is 19.1. The zero-order chi connectivity index (χ0) is 11.5. The van der Waals surface area contributed by atoms with Crippen LogP contribution in [0, 0.1) is 13.8 Å². The van der Waals surface area contributed by atoms with Gasteiger partial charge in [-0.2, -0.15) is 0 Å². The fourth-order valence-corrected chi connectivity index (χ4v) is 2.42. The molecule has 0 radical (unpaired) electrons. The maximum absolute atomic E-state index is 3.70. The predicted octanol–water partition coefficient (Wildman–Crippen LogP) is 2.64. The molecule has 0 amide bonds. The standard InChI is InChI=1S/C14H22N2/c1-10-4-5-12-6-7-13(8-9-15-3)16-14(12)11(10)2/h4-5,13,15-16H,6-9H2,1-3H3. The molecule has 1 atom stereocenters.